The van der Waals surface area contributed by atoms with E-state index in [1.54, 1.807) is 20.3 Å². The molecule has 1 aliphatic heterocycles. The number of fused-ring (bicyclic) bond motifs is 4. The fourth-order valence-corrected chi connectivity index (χ4v) is 3.20. The van der Waals surface area contributed by atoms with Crippen LogP contribution in [-0.2, 0) is 0 Å². The van der Waals surface area contributed by atoms with E-state index in [2.05, 4.69) is 0 Å². The molecular formula is C20H18BrNO4. The van der Waals surface area contributed by atoms with Gasteiger partial charge in [0.05, 0.1) is 26.8 Å². The molecule has 4 rings (SSSR count). The number of rotatable bonds is 3. The zero-order valence-corrected chi connectivity index (χ0v) is 16.3. The molecule has 0 bridgehead atoms. The Balaban J connectivity index is 0.00000196. The molecule has 0 saturated carbocycles. The van der Waals surface area contributed by atoms with Gasteiger partial charge >= 0.3 is 0 Å². The van der Waals surface area contributed by atoms with Gasteiger partial charge in [-0.1, -0.05) is 6.07 Å². The SMILES string of the molecule is Br.COc1cc2ccn3cc4c(=O)c(OC)ccc-4cc3c2cc1OC. The second-order valence-corrected chi connectivity index (χ2v) is 5.78. The van der Waals surface area contributed by atoms with E-state index in [0.717, 1.165) is 21.9 Å². The summed E-state index contributed by atoms with van der Waals surface area (Å²) in [6.07, 6.45) is 3.77. The molecule has 0 saturated heterocycles. The van der Waals surface area contributed by atoms with E-state index in [9.17, 15) is 4.79 Å². The van der Waals surface area contributed by atoms with Crippen LogP contribution < -0.4 is 19.6 Å². The molecule has 0 N–H and O–H groups in total. The molecule has 0 amide bonds. The summed E-state index contributed by atoms with van der Waals surface area (Å²) in [5.41, 5.74) is 2.36. The lowest BCUT2D eigenvalue weighted by Gasteiger charge is -2.14. The number of benzene rings is 2. The largest absolute Gasteiger partial charge is 0.493 e. The first-order valence-electron chi connectivity index (χ1n) is 7.83. The highest BCUT2D eigenvalue weighted by Gasteiger charge is 2.14. The van der Waals surface area contributed by atoms with Crippen LogP contribution in [0.15, 0.2) is 53.6 Å². The summed E-state index contributed by atoms with van der Waals surface area (Å²) in [5.74, 6) is 1.70. The molecule has 0 spiro atoms. The molecule has 0 unspecified atom stereocenters. The van der Waals surface area contributed by atoms with Crippen LogP contribution in [0.4, 0.5) is 0 Å². The number of methoxy groups -OCH3 is 3. The molecule has 2 aromatic rings. The standard InChI is InChI=1S/C20H17NO4.BrH/c1-23-17-5-4-12-8-16-14-10-19(25-3)18(24-2)9-13(14)6-7-21(16)11-15(12)20(17)22;/h4-11H,1-3H3;1H. The van der Waals surface area contributed by atoms with Gasteiger partial charge < -0.3 is 18.6 Å². The minimum absolute atomic E-state index is 0. The van der Waals surface area contributed by atoms with Crippen molar-refractivity contribution in [3.63, 3.8) is 0 Å². The molecule has 134 valence electrons. The van der Waals surface area contributed by atoms with Crippen LogP contribution in [0.1, 0.15) is 0 Å². The predicted molar refractivity (Wildman–Crippen MR) is 108 cm³/mol. The van der Waals surface area contributed by atoms with Crippen LogP contribution in [-0.4, -0.2) is 25.7 Å². The maximum atomic E-state index is 12.5. The number of pyridine rings is 2. The van der Waals surface area contributed by atoms with Crippen molar-refractivity contribution >= 4 is 33.3 Å². The third-order valence-corrected chi connectivity index (χ3v) is 4.50. The lowest BCUT2D eigenvalue weighted by Crippen LogP contribution is -2.10. The van der Waals surface area contributed by atoms with E-state index < -0.39 is 0 Å². The molecule has 1 aromatic heterocycles. The summed E-state index contributed by atoms with van der Waals surface area (Å²) >= 11 is 0. The molecule has 1 aliphatic carbocycles. The van der Waals surface area contributed by atoms with Crippen LogP contribution in [0.5, 0.6) is 17.2 Å². The summed E-state index contributed by atoms with van der Waals surface area (Å²) < 4.78 is 17.9. The van der Waals surface area contributed by atoms with Gasteiger partial charge in [0, 0.05) is 23.3 Å². The fraction of sp³-hybridized carbons (Fsp3) is 0.150. The fourth-order valence-electron chi connectivity index (χ4n) is 3.20. The smallest absolute Gasteiger partial charge is 0.229 e. The highest BCUT2D eigenvalue weighted by molar-refractivity contribution is 8.93. The zero-order chi connectivity index (χ0) is 17.6. The van der Waals surface area contributed by atoms with Crippen LogP contribution in [0, 0.1) is 0 Å². The Kier molecular flexibility index (Phi) is 4.78. The maximum Gasteiger partial charge on any atom is 0.229 e. The first-order chi connectivity index (χ1) is 12.2. The highest BCUT2D eigenvalue weighted by atomic mass is 79.9. The van der Waals surface area contributed by atoms with E-state index >= 15 is 0 Å². The van der Waals surface area contributed by atoms with E-state index in [-0.39, 0.29) is 22.4 Å². The maximum absolute atomic E-state index is 12.5. The molecule has 0 radical (unpaired) electrons. The van der Waals surface area contributed by atoms with E-state index in [1.807, 2.05) is 47.1 Å². The van der Waals surface area contributed by atoms with Crippen LogP contribution >= 0.6 is 17.0 Å². The van der Waals surface area contributed by atoms with Gasteiger partial charge in [0.2, 0.25) is 5.43 Å². The summed E-state index contributed by atoms with van der Waals surface area (Å²) in [7, 11) is 4.74. The van der Waals surface area contributed by atoms with Crippen molar-refractivity contribution in [2.45, 2.75) is 0 Å². The van der Waals surface area contributed by atoms with Crippen molar-refractivity contribution in [2.75, 3.05) is 21.3 Å². The zero-order valence-electron chi connectivity index (χ0n) is 14.6. The van der Waals surface area contributed by atoms with Gasteiger partial charge in [-0.05, 0) is 41.3 Å². The van der Waals surface area contributed by atoms with Gasteiger partial charge in [0.15, 0.2) is 17.2 Å². The van der Waals surface area contributed by atoms with Crippen molar-refractivity contribution in [2.24, 2.45) is 0 Å². The monoisotopic (exact) mass is 415 g/mol. The summed E-state index contributed by atoms with van der Waals surface area (Å²) in [6.45, 7) is 0. The van der Waals surface area contributed by atoms with Crippen molar-refractivity contribution in [3.05, 3.63) is 59.0 Å². The van der Waals surface area contributed by atoms with Gasteiger partial charge in [0.1, 0.15) is 0 Å². The first-order valence-corrected chi connectivity index (χ1v) is 7.83. The minimum Gasteiger partial charge on any atom is -0.493 e. The Morgan fingerprint density at radius 2 is 1.54 bits per heavy atom. The van der Waals surface area contributed by atoms with Gasteiger partial charge in [-0.15, -0.1) is 17.0 Å². The Labute approximate surface area is 160 Å². The molecule has 0 atom stereocenters. The van der Waals surface area contributed by atoms with E-state index in [4.69, 9.17) is 14.2 Å². The summed E-state index contributed by atoms with van der Waals surface area (Å²) in [5, 5.41) is 2.05. The van der Waals surface area contributed by atoms with Gasteiger partial charge in [-0.3, -0.25) is 4.79 Å². The van der Waals surface area contributed by atoms with Crippen molar-refractivity contribution < 1.29 is 14.2 Å². The third kappa shape index (κ3) is 2.66. The third-order valence-electron chi connectivity index (χ3n) is 4.50. The van der Waals surface area contributed by atoms with Crippen LogP contribution in [0.3, 0.4) is 0 Å². The van der Waals surface area contributed by atoms with E-state index in [0.29, 0.717) is 22.8 Å². The summed E-state index contributed by atoms with van der Waals surface area (Å²) in [6, 6.07) is 11.5. The molecule has 26 heavy (non-hydrogen) atoms. The molecule has 2 aliphatic rings. The topological polar surface area (TPSA) is 49.2 Å². The molecule has 6 heteroatoms. The Bertz CT molecular complexity index is 1140. The minimum atomic E-state index is -0.109. The van der Waals surface area contributed by atoms with Crippen LogP contribution in [0.2, 0.25) is 0 Å². The molecule has 0 fully saturated rings. The number of hydrogen-bond donors (Lipinski definition) is 0. The van der Waals surface area contributed by atoms with E-state index in [1.165, 1.54) is 7.11 Å². The highest BCUT2D eigenvalue weighted by Crippen LogP contribution is 2.35. The van der Waals surface area contributed by atoms with Crippen molar-refractivity contribution in [1.82, 2.24) is 4.40 Å². The molecule has 1 aromatic carbocycles. The lowest BCUT2D eigenvalue weighted by molar-refractivity contribution is 0.356. The van der Waals surface area contributed by atoms with Crippen molar-refractivity contribution in [3.8, 4) is 28.4 Å². The molecule has 2 heterocycles. The number of ether oxygens (including phenoxy) is 3. The average molecular weight is 416 g/mol. The number of aromatic nitrogens is 1. The number of nitrogens with zero attached hydrogens (tertiary/aromatic N) is 1. The van der Waals surface area contributed by atoms with Gasteiger partial charge in [-0.25, -0.2) is 0 Å². The first kappa shape index (κ1) is 18.1. The van der Waals surface area contributed by atoms with Gasteiger partial charge in [0.25, 0.3) is 0 Å². The Morgan fingerprint density at radius 1 is 0.846 bits per heavy atom. The molecular weight excluding hydrogens is 398 g/mol. The lowest BCUT2D eigenvalue weighted by atomic mass is 10.0. The normalized spacial score (nSPS) is 10.7. The number of hydrogen-bond acceptors (Lipinski definition) is 4. The second-order valence-electron chi connectivity index (χ2n) is 5.78. The quantitative estimate of drug-likeness (QED) is 0.372. The van der Waals surface area contributed by atoms with Crippen LogP contribution in [0.25, 0.3) is 27.4 Å². The molecule has 5 nitrogen and oxygen atoms in total. The Hall–Kier alpha value is -2.73. The Morgan fingerprint density at radius 3 is 2.23 bits per heavy atom. The average Bonchev–Trinajstić information content (AvgIpc) is 2.66. The predicted octanol–water partition coefficient (Wildman–Crippen LogP) is 4.16. The van der Waals surface area contributed by atoms with Gasteiger partial charge in [-0.2, -0.15) is 0 Å². The number of halogens is 1. The summed E-state index contributed by atoms with van der Waals surface area (Å²) in [4.78, 5) is 12.5. The van der Waals surface area contributed by atoms with Crippen molar-refractivity contribution in [1.29, 1.82) is 0 Å². The second kappa shape index (κ2) is 6.88.